The van der Waals surface area contributed by atoms with Crippen LogP contribution in [0.25, 0.3) is 0 Å². The molecule has 0 heterocycles. The summed E-state index contributed by atoms with van der Waals surface area (Å²) in [5.74, 6) is -0.195. The van der Waals surface area contributed by atoms with Gasteiger partial charge in [0, 0.05) is 19.9 Å². The molecule has 0 radical (unpaired) electrons. The molecule has 0 bridgehead atoms. The van der Waals surface area contributed by atoms with E-state index < -0.39 is 0 Å². The van der Waals surface area contributed by atoms with Gasteiger partial charge in [0.25, 0.3) is 0 Å². The molecule has 0 saturated heterocycles. The lowest BCUT2D eigenvalue weighted by Gasteiger charge is -2.28. The van der Waals surface area contributed by atoms with Gasteiger partial charge in [-0.1, -0.05) is 78.1 Å². The number of hydrogen-bond donors (Lipinski definition) is 0. The molecule has 0 saturated carbocycles. The summed E-state index contributed by atoms with van der Waals surface area (Å²) in [5, 5.41) is 0. The molecule has 0 spiro atoms. The quantitative estimate of drug-likeness (QED) is 0.423. The van der Waals surface area contributed by atoms with Crippen molar-refractivity contribution in [2.45, 2.75) is 111 Å². The number of carbonyl (C=O) groups excluding carboxylic acids is 2. The van der Waals surface area contributed by atoms with Crippen LogP contribution < -0.4 is 0 Å². The van der Waals surface area contributed by atoms with Crippen LogP contribution in [0.5, 0.6) is 0 Å². The zero-order chi connectivity index (χ0) is 16.8. The molecule has 2 amide bonds. The van der Waals surface area contributed by atoms with Crippen molar-refractivity contribution in [2.24, 2.45) is 0 Å². The van der Waals surface area contributed by atoms with Gasteiger partial charge < -0.3 is 0 Å². The molecule has 0 aliphatic rings. The molecule has 0 aliphatic heterocycles. The van der Waals surface area contributed by atoms with Gasteiger partial charge in [0.05, 0.1) is 0 Å². The zero-order valence-corrected chi connectivity index (χ0v) is 15.3. The standard InChI is InChI=1S/C19H37NO2/c1-5-7-9-11-13-15-19(16-14-12-10-8-6-2)20(17(3)21)18(4)22/h19H,5-16H2,1-4H3. The molecule has 0 aromatic heterocycles. The van der Waals surface area contributed by atoms with Crippen molar-refractivity contribution in [3.05, 3.63) is 0 Å². The van der Waals surface area contributed by atoms with E-state index >= 15 is 0 Å². The summed E-state index contributed by atoms with van der Waals surface area (Å²) in [7, 11) is 0. The second kappa shape index (κ2) is 13.8. The van der Waals surface area contributed by atoms with E-state index in [1.54, 1.807) is 0 Å². The lowest BCUT2D eigenvalue weighted by atomic mass is 9.99. The number of nitrogens with zero attached hydrogens (tertiary/aromatic N) is 1. The third-order valence-corrected chi connectivity index (χ3v) is 4.33. The summed E-state index contributed by atoms with van der Waals surface area (Å²) < 4.78 is 0. The molecule has 0 rings (SSSR count). The van der Waals surface area contributed by atoms with Crippen LogP contribution in [0.3, 0.4) is 0 Å². The number of amides is 2. The monoisotopic (exact) mass is 311 g/mol. The summed E-state index contributed by atoms with van der Waals surface area (Å²) in [6.07, 6.45) is 14.2. The van der Waals surface area contributed by atoms with Gasteiger partial charge in [-0.25, -0.2) is 0 Å². The van der Waals surface area contributed by atoms with Crippen LogP contribution in [0.4, 0.5) is 0 Å². The molecular weight excluding hydrogens is 274 g/mol. The van der Waals surface area contributed by atoms with E-state index in [0.717, 1.165) is 25.7 Å². The summed E-state index contributed by atoms with van der Waals surface area (Å²) in [6, 6.07) is 0.109. The van der Waals surface area contributed by atoms with Gasteiger partial charge in [-0.05, 0) is 12.8 Å². The van der Waals surface area contributed by atoms with Gasteiger partial charge in [0.15, 0.2) is 0 Å². The van der Waals surface area contributed by atoms with Gasteiger partial charge in [-0.15, -0.1) is 0 Å². The first-order valence-electron chi connectivity index (χ1n) is 9.34. The smallest absolute Gasteiger partial charge is 0.226 e. The SMILES string of the molecule is CCCCCCCC(CCCCCCC)N(C(C)=O)C(C)=O. The van der Waals surface area contributed by atoms with E-state index in [0.29, 0.717) is 0 Å². The van der Waals surface area contributed by atoms with Crippen molar-refractivity contribution in [1.29, 1.82) is 0 Å². The minimum absolute atomic E-state index is 0.0976. The third kappa shape index (κ3) is 9.97. The van der Waals surface area contributed by atoms with Gasteiger partial charge in [-0.3, -0.25) is 14.5 Å². The fourth-order valence-electron chi connectivity index (χ4n) is 3.11. The third-order valence-electron chi connectivity index (χ3n) is 4.33. The van der Waals surface area contributed by atoms with Crippen molar-refractivity contribution in [3.8, 4) is 0 Å². The van der Waals surface area contributed by atoms with E-state index in [9.17, 15) is 9.59 Å². The average Bonchev–Trinajstić information content (AvgIpc) is 2.45. The average molecular weight is 312 g/mol. The summed E-state index contributed by atoms with van der Waals surface area (Å²) >= 11 is 0. The molecule has 0 fully saturated rings. The summed E-state index contributed by atoms with van der Waals surface area (Å²) in [5.41, 5.74) is 0. The molecule has 0 aliphatic carbocycles. The molecule has 3 nitrogen and oxygen atoms in total. The van der Waals surface area contributed by atoms with Crippen LogP contribution in [0.1, 0.15) is 105 Å². The molecule has 0 aromatic rings. The number of rotatable bonds is 13. The van der Waals surface area contributed by atoms with Crippen molar-refractivity contribution < 1.29 is 9.59 Å². The van der Waals surface area contributed by atoms with Gasteiger partial charge in [0.1, 0.15) is 0 Å². The van der Waals surface area contributed by atoms with E-state index in [1.165, 1.54) is 70.1 Å². The molecular formula is C19H37NO2. The Labute approximate surface area is 137 Å². The second-order valence-corrected chi connectivity index (χ2v) is 6.47. The van der Waals surface area contributed by atoms with Crippen LogP contribution in [-0.2, 0) is 9.59 Å². The number of carbonyl (C=O) groups is 2. The fraction of sp³-hybridized carbons (Fsp3) is 0.895. The Morgan fingerprint density at radius 3 is 1.36 bits per heavy atom. The van der Waals surface area contributed by atoms with Crippen LogP contribution in [0.2, 0.25) is 0 Å². The molecule has 0 atom stereocenters. The summed E-state index contributed by atoms with van der Waals surface area (Å²) in [6.45, 7) is 7.46. The van der Waals surface area contributed by atoms with Crippen LogP contribution in [-0.4, -0.2) is 22.8 Å². The fourth-order valence-corrected chi connectivity index (χ4v) is 3.11. The van der Waals surface area contributed by atoms with Crippen molar-refractivity contribution in [3.63, 3.8) is 0 Å². The van der Waals surface area contributed by atoms with Crippen molar-refractivity contribution in [2.75, 3.05) is 0 Å². The Morgan fingerprint density at radius 1 is 0.682 bits per heavy atom. The maximum Gasteiger partial charge on any atom is 0.226 e. The maximum absolute atomic E-state index is 11.8. The highest BCUT2D eigenvalue weighted by atomic mass is 16.2. The Morgan fingerprint density at radius 2 is 1.05 bits per heavy atom. The summed E-state index contributed by atoms with van der Waals surface area (Å²) in [4.78, 5) is 25.1. The normalized spacial score (nSPS) is 11.0. The topological polar surface area (TPSA) is 37.4 Å². The van der Waals surface area contributed by atoms with Crippen LogP contribution >= 0.6 is 0 Å². The van der Waals surface area contributed by atoms with E-state index in [-0.39, 0.29) is 17.9 Å². The Bertz CT molecular complexity index is 274. The van der Waals surface area contributed by atoms with Gasteiger partial charge >= 0.3 is 0 Å². The Hall–Kier alpha value is -0.860. The minimum atomic E-state index is -0.0976. The van der Waals surface area contributed by atoms with E-state index in [2.05, 4.69) is 13.8 Å². The first-order valence-corrected chi connectivity index (χ1v) is 9.34. The highest BCUT2D eigenvalue weighted by Crippen LogP contribution is 2.19. The second-order valence-electron chi connectivity index (χ2n) is 6.47. The molecule has 0 unspecified atom stereocenters. The Kier molecular flexibility index (Phi) is 13.2. The molecule has 3 heteroatoms. The zero-order valence-electron chi connectivity index (χ0n) is 15.3. The van der Waals surface area contributed by atoms with Gasteiger partial charge in [0.2, 0.25) is 11.8 Å². The number of unbranched alkanes of at least 4 members (excludes halogenated alkanes) is 8. The highest BCUT2D eigenvalue weighted by Gasteiger charge is 2.23. The molecule has 130 valence electrons. The molecule has 22 heavy (non-hydrogen) atoms. The highest BCUT2D eigenvalue weighted by molar-refractivity contribution is 5.93. The molecule has 0 aromatic carbocycles. The van der Waals surface area contributed by atoms with Crippen LogP contribution in [0, 0.1) is 0 Å². The Balaban J connectivity index is 4.34. The predicted molar refractivity (Wildman–Crippen MR) is 93.7 cm³/mol. The predicted octanol–water partition coefficient (Wildman–Crippen LogP) is 5.47. The van der Waals surface area contributed by atoms with Crippen LogP contribution in [0.15, 0.2) is 0 Å². The lowest BCUT2D eigenvalue weighted by molar-refractivity contribution is -0.145. The van der Waals surface area contributed by atoms with Crippen molar-refractivity contribution in [1.82, 2.24) is 4.90 Å². The minimum Gasteiger partial charge on any atom is -0.280 e. The lowest BCUT2D eigenvalue weighted by Crippen LogP contribution is -2.42. The first-order chi connectivity index (χ1) is 10.5. The maximum atomic E-state index is 11.8. The van der Waals surface area contributed by atoms with E-state index in [1.807, 2.05) is 0 Å². The number of imide groups is 1. The van der Waals surface area contributed by atoms with E-state index in [4.69, 9.17) is 0 Å². The molecule has 0 N–H and O–H groups in total. The van der Waals surface area contributed by atoms with Gasteiger partial charge in [-0.2, -0.15) is 0 Å². The largest absolute Gasteiger partial charge is 0.280 e. The first kappa shape index (κ1) is 21.1. The van der Waals surface area contributed by atoms with Crippen molar-refractivity contribution >= 4 is 11.8 Å². The number of hydrogen-bond acceptors (Lipinski definition) is 2.